The molecule has 2 N–H and O–H groups in total. The lowest BCUT2D eigenvalue weighted by molar-refractivity contribution is -0.107. The van der Waals surface area contributed by atoms with Gasteiger partial charge in [0, 0.05) is 12.1 Å². The summed E-state index contributed by atoms with van der Waals surface area (Å²) in [7, 11) is 0. The van der Waals surface area contributed by atoms with Crippen LogP contribution in [0.25, 0.3) is 0 Å². The molecule has 70 valence electrons. The van der Waals surface area contributed by atoms with Crippen LogP contribution < -0.4 is 5.73 Å². The first-order chi connectivity index (χ1) is 6.33. The average Bonchev–Trinajstić information content (AvgIpc) is 2.15. The number of aryl methyl sites for hydroxylation is 1. The van der Waals surface area contributed by atoms with Crippen molar-refractivity contribution in [3.05, 3.63) is 29.8 Å². The number of carbonyl (C=O) groups excluding carboxylic acids is 1. The molecule has 13 heavy (non-hydrogen) atoms. The Balaban J connectivity index is 2.28. The normalized spacial score (nSPS) is 9.85. The second-order valence-electron chi connectivity index (χ2n) is 3.15. The number of anilines is 1. The summed E-state index contributed by atoms with van der Waals surface area (Å²) in [5.41, 5.74) is 7.65. The van der Waals surface area contributed by atoms with Crippen molar-refractivity contribution >= 4 is 12.0 Å². The van der Waals surface area contributed by atoms with Gasteiger partial charge in [-0.15, -0.1) is 0 Å². The Kier molecular flexibility index (Phi) is 4.03. The molecule has 0 aromatic heterocycles. The quantitative estimate of drug-likeness (QED) is 0.425. The van der Waals surface area contributed by atoms with E-state index in [0.29, 0.717) is 6.42 Å². The number of hydrogen-bond acceptors (Lipinski definition) is 2. The SMILES string of the molecule is Nc1ccc(CCCCC=O)cc1. The van der Waals surface area contributed by atoms with Crippen molar-refractivity contribution in [2.45, 2.75) is 25.7 Å². The van der Waals surface area contributed by atoms with Crippen molar-refractivity contribution < 1.29 is 4.79 Å². The van der Waals surface area contributed by atoms with Crippen LogP contribution in [0.5, 0.6) is 0 Å². The molecule has 1 aromatic rings. The Morgan fingerprint density at radius 2 is 1.85 bits per heavy atom. The van der Waals surface area contributed by atoms with Gasteiger partial charge in [-0.1, -0.05) is 12.1 Å². The van der Waals surface area contributed by atoms with Gasteiger partial charge in [0.05, 0.1) is 0 Å². The Morgan fingerprint density at radius 1 is 1.15 bits per heavy atom. The molecule has 0 aliphatic heterocycles. The monoisotopic (exact) mass is 177 g/mol. The highest BCUT2D eigenvalue weighted by molar-refractivity contribution is 5.49. The molecule has 0 fully saturated rings. The van der Waals surface area contributed by atoms with E-state index in [2.05, 4.69) is 0 Å². The van der Waals surface area contributed by atoms with Crippen molar-refractivity contribution in [3.63, 3.8) is 0 Å². The minimum atomic E-state index is 0.676. The molecule has 0 saturated carbocycles. The lowest BCUT2D eigenvalue weighted by atomic mass is 10.1. The molecular weight excluding hydrogens is 162 g/mol. The summed E-state index contributed by atoms with van der Waals surface area (Å²) >= 11 is 0. The summed E-state index contributed by atoms with van der Waals surface area (Å²) in [5.74, 6) is 0. The third-order valence-electron chi connectivity index (χ3n) is 2.02. The second kappa shape index (κ2) is 5.36. The molecule has 0 atom stereocenters. The third-order valence-corrected chi connectivity index (χ3v) is 2.02. The molecule has 0 saturated heterocycles. The molecule has 0 aliphatic carbocycles. The van der Waals surface area contributed by atoms with Gasteiger partial charge in [0.2, 0.25) is 0 Å². The largest absolute Gasteiger partial charge is 0.399 e. The zero-order valence-electron chi connectivity index (χ0n) is 7.70. The van der Waals surface area contributed by atoms with Gasteiger partial charge in [-0.05, 0) is 37.0 Å². The van der Waals surface area contributed by atoms with Crippen LogP contribution in [0.1, 0.15) is 24.8 Å². The molecule has 0 heterocycles. The number of hydrogen-bond donors (Lipinski definition) is 1. The van der Waals surface area contributed by atoms with E-state index < -0.39 is 0 Å². The Labute approximate surface area is 78.8 Å². The number of nitrogens with two attached hydrogens (primary N) is 1. The zero-order chi connectivity index (χ0) is 9.52. The Bertz CT molecular complexity index is 253. The van der Waals surface area contributed by atoms with Gasteiger partial charge in [0.1, 0.15) is 6.29 Å². The van der Waals surface area contributed by atoms with Crippen LogP contribution in [0.3, 0.4) is 0 Å². The minimum absolute atomic E-state index is 0.676. The van der Waals surface area contributed by atoms with E-state index in [0.717, 1.165) is 31.2 Å². The average molecular weight is 177 g/mol. The van der Waals surface area contributed by atoms with E-state index in [1.807, 2.05) is 24.3 Å². The van der Waals surface area contributed by atoms with E-state index in [4.69, 9.17) is 5.73 Å². The number of aldehydes is 1. The van der Waals surface area contributed by atoms with Gasteiger partial charge >= 0.3 is 0 Å². The summed E-state index contributed by atoms with van der Waals surface area (Å²) in [5, 5.41) is 0. The molecule has 0 bridgehead atoms. The van der Waals surface area contributed by atoms with E-state index in [9.17, 15) is 4.79 Å². The van der Waals surface area contributed by atoms with Gasteiger partial charge in [0.15, 0.2) is 0 Å². The van der Waals surface area contributed by atoms with E-state index in [-0.39, 0.29) is 0 Å². The second-order valence-corrected chi connectivity index (χ2v) is 3.15. The first kappa shape index (κ1) is 9.78. The highest BCUT2D eigenvalue weighted by Crippen LogP contribution is 2.09. The van der Waals surface area contributed by atoms with Crippen LogP contribution in [0, 0.1) is 0 Å². The van der Waals surface area contributed by atoms with Crippen LogP contribution in [0.15, 0.2) is 24.3 Å². The fourth-order valence-electron chi connectivity index (χ4n) is 1.24. The fraction of sp³-hybridized carbons (Fsp3) is 0.364. The zero-order valence-corrected chi connectivity index (χ0v) is 7.70. The van der Waals surface area contributed by atoms with E-state index >= 15 is 0 Å². The minimum Gasteiger partial charge on any atom is -0.399 e. The summed E-state index contributed by atoms with van der Waals surface area (Å²) in [4.78, 5) is 10.0. The highest BCUT2D eigenvalue weighted by Gasteiger charge is 1.92. The third kappa shape index (κ3) is 3.74. The summed E-state index contributed by atoms with van der Waals surface area (Å²) in [6.07, 6.45) is 4.74. The van der Waals surface area contributed by atoms with Crippen molar-refractivity contribution in [1.82, 2.24) is 0 Å². The Morgan fingerprint density at radius 3 is 2.46 bits per heavy atom. The number of nitrogen functional groups attached to an aromatic ring is 1. The van der Waals surface area contributed by atoms with Gasteiger partial charge in [-0.25, -0.2) is 0 Å². The van der Waals surface area contributed by atoms with Gasteiger partial charge < -0.3 is 10.5 Å². The number of unbranched alkanes of at least 4 members (excludes halogenated alkanes) is 2. The lowest BCUT2D eigenvalue weighted by Gasteiger charge is -2.00. The predicted molar refractivity (Wildman–Crippen MR) is 54.5 cm³/mol. The van der Waals surface area contributed by atoms with Crippen LogP contribution in [0.4, 0.5) is 5.69 Å². The predicted octanol–water partition coefficient (Wildman–Crippen LogP) is 2.18. The molecule has 2 nitrogen and oxygen atoms in total. The van der Waals surface area contributed by atoms with Crippen molar-refractivity contribution in [2.24, 2.45) is 0 Å². The molecular formula is C11H15NO. The maximum Gasteiger partial charge on any atom is 0.119 e. The molecule has 1 rings (SSSR count). The van der Waals surface area contributed by atoms with E-state index in [1.54, 1.807) is 0 Å². The van der Waals surface area contributed by atoms with Gasteiger partial charge in [0.25, 0.3) is 0 Å². The molecule has 0 aliphatic rings. The van der Waals surface area contributed by atoms with Gasteiger partial charge in [-0.3, -0.25) is 0 Å². The fourth-order valence-corrected chi connectivity index (χ4v) is 1.24. The molecule has 0 unspecified atom stereocenters. The molecule has 0 amide bonds. The number of benzene rings is 1. The highest BCUT2D eigenvalue weighted by atomic mass is 16.1. The maximum atomic E-state index is 10.0. The Hall–Kier alpha value is -1.31. The molecule has 0 spiro atoms. The van der Waals surface area contributed by atoms with Crippen LogP contribution in [-0.2, 0) is 11.2 Å². The molecule has 1 aromatic carbocycles. The van der Waals surface area contributed by atoms with Gasteiger partial charge in [-0.2, -0.15) is 0 Å². The van der Waals surface area contributed by atoms with E-state index in [1.165, 1.54) is 5.56 Å². The van der Waals surface area contributed by atoms with Crippen molar-refractivity contribution in [3.8, 4) is 0 Å². The van der Waals surface area contributed by atoms with Crippen LogP contribution in [0.2, 0.25) is 0 Å². The first-order valence-corrected chi connectivity index (χ1v) is 4.61. The molecule has 2 heteroatoms. The topological polar surface area (TPSA) is 43.1 Å². The smallest absolute Gasteiger partial charge is 0.119 e. The van der Waals surface area contributed by atoms with Crippen molar-refractivity contribution in [2.75, 3.05) is 5.73 Å². The van der Waals surface area contributed by atoms with Crippen molar-refractivity contribution in [1.29, 1.82) is 0 Å². The van der Waals surface area contributed by atoms with Crippen LogP contribution >= 0.6 is 0 Å². The van der Waals surface area contributed by atoms with Crippen LogP contribution in [-0.4, -0.2) is 6.29 Å². The lowest BCUT2D eigenvalue weighted by Crippen LogP contribution is -1.88. The summed E-state index contributed by atoms with van der Waals surface area (Å²) < 4.78 is 0. The first-order valence-electron chi connectivity index (χ1n) is 4.61. The molecule has 0 radical (unpaired) electrons. The maximum absolute atomic E-state index is 10.0. The standard InChI is InChI=1S/C11H15NO/c12-11-7-5-10(6-8-11)4-2-1-3-9-13/h5-9H,1-4,12H2. The summed E-state index contributed by atoms with van der Waals surface area (Å²) in [6.45, 7) is 0. The summed E-state index contributed by atoms with van der Waals surface area (Å²) in [6, 6.07) is 7.90. The number of carbonyl (C=O) groups is 1. The number of rotatable bonds is 5.